The number of nitrogen functional groups attached to an aromatic ring is 1. The number of aromatic nitrogens is 4. The third kappa shape index (κ3) is 2.01. The molecule has 0 aliphatic carbocycles. The Balaban J connectivity index is 2.24. The minimum atomic E-state index is 0.484. The summed E-state index contributed by atoms with van der Waals surface area (Å²) in [4.78, 5) is 13.2. The van der Waals surface area contributed by atoms with Crippen LogP contribution in [0.25, 0.3) is 16.9 Å². The Morgan fingerprint density at radius 1 is 1.10 bits per heavy atom. The van der Waals surface area contributed by atoms with E-state index in [1.165, 1.54) is 11.1 Å². The number of anilines is 1. The Hall–Kier alpha value is -2.43. The van der Waals surface area contributed by atoms with Crippen LogP contribution in [0.5, 0.6) is 0 Å². The Morgan fingerprint density at radius 2 is 1.85 bits per heavy atom. The molecule has 0 atom stereocenters. The van der Waals surface area contributed by atoms with Crippen LogP contribution in [0, 0.1) is 13.8 Å². The molecule has 2 N–H and O–H groups in total. The molecule has 0 saturated carbocycles. The lowest BCUT2D eigenvalue weighted by atomic mass is 10.1. The number of fused-ring (bicyclic) bond motifs is 1. The molecule has 0 radical (unpaired) electrons. The normalized spacial score (nSPS) is 11.2. The van der Waals surface area contributed by atoms with Gasteiger partial charge in [-0.25, -0.2) is 15.0 Å². The van der Waals surface area contributed by atoms with E-state index in [1.54, 1.807) is 12.4 Å². The van der Waals surface area contributed by atoms with E-state index in [-0.39, 0.29) is 0 Å². The van der Waals surface area contributed by atoms with Crippen LogP contribution in [0.2, 0.25) is 0 Å². The van der Waals surface area contributed by atoms with E-state index >= 15 is 0 Å². The van der Waals surface area contributed by atoms with Crippen LogP contribution < -0.4 is 5.73 Å². The average Bonchev–Trinajstić information content (AvgIpc) is 2.81. The third-order valence-corrected chi connectivity index (χ3v) is 3.50. The van der Waals surface area contributed by atoms with E-state index in [0.717, 1.165) is 29.1 Å². The van der Waals surface area contributed by atoms with Crippen molar-refractivity contribution in [1.82, 2.24) is 19.5 Å². The summed E-state index contributed by atoms with van der Waals surface area (Å²) in [5.74, 6) is 1.99. The van der Waals surface area contributed by atoms with Crippen molar-refractivity contribution in [3.05, 3.63) is 41.5 Å². The quantitative estimate of drug-likeness (QED) is 0.774. The summed E-state index contributed by atoms with van der Waals surface area (Å²) in [5.41, 5.74) is 10.3. The molecule has 0 aliphatic rings. The van der Waals surface area contributed by atoms with Gasteiger partial charge in [0.2, 0.25) is 0 Å². The third-order valence-electron chi connectivity index (χ3n) is 3.50. The van der Waals surface area contributed by atoms with Crippen molar-refractivity contribution in [1.29, 1.82) is 0 Å². The molecule has 0 bridgehead atoms. The Bertz CT molecular complexity index is 788. The number of rotatable bonds is 2. The van der Waals surface area contributed by atoms with E-state index in [4.69, 9.17) is 5.73 Å². The van der Waals surface area contributed by atoms with Crippen LogP contribution in [-0.4, -0.2) is 19.5 Å². The first-order valence-corrected chi connectivity index (χ1v) is 6.66. The number of hydrogen-bond donors (Lipinski definition) is 1. The predicted molar refractivity (Wildman–Crippen MR) is 79.9 cm³/mol. The van der Waals surface area contributed by atoms with Crippen LogP contribution in [0.4, 0.5) is 5.82 Å². The fraction of sp³-hybridized carbons (Fsp3) is 0.267. The van der Waals surface area contributed by atoms with E-state index in [0.29, 0.717) is 5.82 Å². The van der Waals surface area contributed by atoms with Gasteiger partial charge in [-0.2, -0.15) is 0 Å². The fourth-order valence-corrected chi connectivity index (χ4v) is 2.23. The van der Waals surface area contributed by atoms with Crippen molar-refractivity contribution in [2.24, 2.45) is 0 Å². The van der Waals surface area contributed by atoms with Crippen molar-refractivity contribution in [2.45, 2.75) is 27.2 Å². The van der Waals surface area contributed by atoms with Gasteiger partial charge in [0.15, 0.2) is 0 Å². The molecule has 20 heavy (non-hydrogen) atoms. The SMILES string of the molecule is CCc1nc(N)cc(-n2cnc3cc(C)c(C)cc32)n1. The molecule has 0 unspecified atom stereocenters. The lowest BCUT2D eigenvalue weighted by Crippen LogP contribution is -2.04. The highest BCUT2D eigenvalue weighted by Crippen LogP contribution is 2.21. The van der Waals surface area contributed by atoms with Gasteiger partial charge in [0.25, 0.3) is 0 Å². The highest BCUT2D eigenvalue weighted by molar-refractivity contribution is 5.79. The van der Waals surface area contributed by atoms with E-state index < -0.39 is 0 Å². The summed E-state index contributed by atoms with van der Waals surface area (Å²) in [6, 6.07) is 5.99. The maximum absolute atomic E-state index is 5.85. The summed E-state index contributed by atoms with van der Waals surface area (Å²) in [7, 11) is 0. The molecular weight excluding hydrogens is 250 g/mol. The van der Waals surface area contributed by atoms with Crippen molar-refractivity contribution < 1.29 is 0 Å². The molecule has 0 saturated heterocycles. The first kappa shape index (κ1) is 12.6. The van der Waals surface area contributed by atoms with Crippen molar-refractivity contribution in [3.8, 4) is 5.82 Å². The van der Waals surface area contributed by atoms with Crippen molar-refractivity contribution in [2.75, 3.05) is 5.73 Å². The van der Waals surface area contributed by atoms with Gasteiger partial charge >= 0.3 is 0 Å². The molecule has 1 aromatic carbocycles. The zero-order valence-electron chi connectivity index (χ0n) is 11.9. The number of nitrogens with two attached hydrogens (primary N) is 1. The average molecular weight is 267 g/mol. The molecule has 5 heteroatoms. The number of hydrogen-bond acceptors (Lipinski definition) is 4. The van der Waals surface area contributed by atoms with Gasteiger partial charge in [0.1, 0.15) is 23.8 Å². The number of benzene rings is 1. The molecule has 102 valence electrons. The highest BCUT2D eigenvalue weighted by atomic mass is 15.1. The standard InChI is InChI=1S/C15H17N5/c1-4-14-18-13(16)7-15(19-14)20-8-17-11-5-9(2)10(3)6-12(11)20/h5-8H,4H2,1-3H3,(H2,16,18,19). The first-order chi connectivity index (χ1) is 9.58. The minimum Gasteiger partial charge on any atom is -0.384 e. The summed E-state index contributed by atoms with van der Waals surface area (Å²) in [6.45, 7) is 6.20. The van der Waals surface area contributed by atoms with Crippen molar-refractivity contribution in [3.63, 3.8) is 0 Å². The summed E-state index contributed by atoms with van der Waals surface area (Å²) >= 11 is 0. The lowest BCUT2D eigenvalue weighted by Gasteiger charge is -2.07. The van der Waals surface area contributed by atoms with Crippen LogP contribution in [0.15, 0.2) is 24.5 Å². The molecule has 2 heterocycles. The van der Waals surface area contributed by atoms with Gasteiger partial charge in [-0.05, 0) is 37.1 Å². The maximum Gasteiger partial charge on any atom is 0.144 e. The Kier molecular flexibility index (Phi) is 2.89. The van der Waals surface area contributed by atoms with Gasteiger partial charge in [-0.3, -0.25) is 4.57 Å². The van der Waals surface area contributed by atoms with Gasteiger partial charge < -0.3 is 5.73 Å². The largest absolute Gasteiger partial charge is 0.384 e. The molecule has 0 fully saturated rings. The van der Waals surface area contributed by atoms with Gasteiger partial charge in [0.05, 0.1) is 11.0 Å². The second kappa shape index (κ2) is 4.59. The molecule has 2 aromatic heterocycles. The summed E-state index contributed by atoms with van der Waals surface area (Å²) in [6.07, 6.45) is 2.54. The van der Waals surface area contributed by atoms with Crippen molar-refractivity contribution >= 4 is 16.9 Å². The summed E-state index contributed by atoms with van der Waals surface area (Å²) < 4.78 is 1.96. The van der Waals surface area contributed by atoms with Gasteiger partial charge in [-0.15, -0.1) is 0 Å². The number of aryl methyl sites for hydroxylation is 3. The molecule has 3 aromatic rings. The van der Waals surface area contributed by atoms with Gasteiger partial charge in [0, 0.05) is 12.5 Å². The summed E-state index contributed by atoms with van der Waals surface area (Å²) in [5, 5.41) is 0. The molecule has 5 nitrogen and oxygen atoms in total. The van der Waals surface area contributed by atoms with Crippen LogP contribution in [0.1, 0.15) is 23.9 Å². The zero-order chi connectivity index (χ0) is 14.3. The second-order valence-corrected chi connectivity index (χ2v) is 4.96. The highest BCUT2D eigenvalue weighted by Gasteiger charge is 2.09. The van der Waals surface area contributed by atoms with Crippen LogP contribution >= 0.6 is 0 Å². The van der Waals surface area contributed by atoms with Gasteiger partial charge in [-0.1, -0.05) is 6.92 Å². The zero-order valence-corrected chi connectivity index (χ0v) is 11.9. The van der Waals surface area contributed by atoms with Crippen LogP contribution in [0.3, 0.4) is 0 Å². The number of nitrogens with zero attached hydrogens (tertiary/aromatic N) is 4. The minimum absolute atomic E-state index is 0.484. The topological polar surface area (TPSA) is 69.6 Å². The molecule has 0 spiro atoms. The molecule has 0 amide bonds. The van der Waals surface area contributed by atoms with Crippen LogP contribution in [-0.2, 0) is 6.42 Å². The molecule has 3 rings (SSSR count). The van der Waals surface area contributed by atoms with E-state index in [2.05, 4.69) is 40.9 Å². The smallest absolute Gasteiger partial charge is 0.144 e. The Labute approximate surface area is 117 Å². The maximum atomic E-state index is 5.85. The van der Waals surface area contributed by atoms with E-state index in [1.807, 2.05) is 11.5 Å². The number of imidazole rings is 1. The first-order valence-electron chi connectivity index (χ1n) is 6.66. The lowest BCUT2D eigenvalue weighted by molar-refractivity contribution is 0.901. The Morgan fingerprint density at radius 3 is 2.60 bits per heavy atom. The fourth-order valence-electron chi connectivity index (χ4n) is 2.23. The predicted octanol–water partition coefficient (Wildman–Crippen LogP) is 2.58. The molecular formula is C15H17N5. The second-order valence-electron chi connectivity index (χ2n) is 4.96. The molecule has 0 aliphatic heterocycles. The van der Waals surface area contributed by atoms with E-state index in [9.17, 15) is 0 Å². The monoisotopic (exact) mass is 267 g/mol.